The van der Waals surface area contributed by atoms with Gasteiger partial charge in [0, 0.05) is 10.4 Å². The largest absolute Gasteiger partial charge is 0.298 e. The number of Topliss-reactive ketones (excluding diaryl/α,β-unsaturated/α-hetero) is 2. The Morgan fingerprint density at radius 3 is 2.50 bits per heavy atom. The predicted molar refractivity (Wildman–Crippen MR) is 84.8 cm³/mol. The van der Waals surface area contributed by atoms with Gasteiger partial charge in [-0.05, 0) is 18.6 Å². The Balaban J connectivity index is 1.82. The van der Waals surface area contributed by atoms with Crippen molar-refractivity contribution in [2.24, 2.45) is 0 Å². The lowest BCUT2D eigenvalue weighted by molar-refractivity contribution is -0.115. The zero-order chi connectivity index (χ0) is 14.4. The van der Waals surface area contributed by atoms with Gasteiger partial charge in [-0.2, -0.15) is 0 Å². The second kappa shape index (κ2) is 7.41. The minimum Gasteiger partial charge on any atom is -0.298 e. The van der Waals surface area contributed by atoms with E-state index in [2.05, 4.69) is 13.0 Å². The summed E-state index contributed by atoms with van der Waals surface area (Å²) in [6.07, 6.45) is 1.01. The number of rotatable bonds is 7. The molecule has 0 atom stereocenters. The maximum absolute atomic E-state index is 11.9. The Kier molecular flexibility index (Phi) is 5.56. The van der Waals surface area contributed by atoms with Crippen LogP contribution in [0.1, 0.15) is 28.6 Å². The van der Waals surface area contributed by atoms with E-state index in [1.165, 1.54) is 16.6 Å². The number of hydrogen-bond donors (Lipinski definition) is 0. The van der Waals surface area contributed by atoms with Crippen LogP contribution in [-0.2, 0) is 11.2 Å². The number of thiophene rings is 1. The topological polar surface area (TPSA) is 34.1 Å². The molecular formula is C16H16O2S2. The highest BCUT2D eigenvalue weighted by Gasteiger charge is 2.12. The average molecular weight is 304 g/mol. The van der Waals surface area contributed by atoms with Gasteiger partial charge in [-0.3, -0.25) is 9.59 Å². The first-order chi connectivity index (χ1) is 9.69. The minimum atomic E-state index is -0.100. The van der Waals surface area contributed by atoms with Crippen LogP contribution in [0.2, 0.25) is 0 Å². The van der Waals surface area contributed by atoms with Crippen LogP contribution in [0.4, 0.5) is 0 Å². The average Bonchev–Trinajstić information content (AvgIpc) is 2.94. The minimum absolute atomic E-state index is 0.0109. The number of carbonyl (C=O) groups excluding carboxylic acids is 2. The van der Waals surface area contributed by atoms with Crippen molar-refractivity contribution in [1.82, 2.24) is 0 Å². The molecule has 1 aromatic heterocycles. The molecule has 2 rings (SSSR count). The van der Waals surface area contributed by atoms with Gasteiger partial charge < -0.3 is 0 Å². The molecule has 0 fully saturated rings. The van der Waals surface area contributed by atoms with Crippen LogP contribution in [0.5, 0.6) is 0 Å². The Morgan fingerprint density at radius 1 is 1.10 bits per heavy atom. The van der Waals surface area contributed by atoms with Gasteiger partial charge in [0.2, 0.25) is 0 Å². The molecule has 0 radical (unpaired) electrons. The van der Waals surface area contributed by atoms with Gasteiger partial charge in [-0.1, -0.05) is 37.3 Å². The van der Waals surface area contributed by atoms with Crippen molar-refractivity contribution in [3.63, 3.8) is 0 Å². The molecule has 1 aromatic carbocycles. The first kappa shape index (κ1) is 15.0. The molecule has 0 saturated carbocycles. The van der Waals surface area contributed by atoms with Crippen LogP contribution in [0, 0.1) is 0 Å². The lowest BCUT2D eigenvalue weighted by Gasteiger charge is -2.00. The Hall–Kier alpha value is -1.39. The van der Waals surface area contributed by atoms with E-state index < -0.39 is 0 Å². The van der Waals surface area contributed by atoms with Crippen LogP contribution in [0.25, 0.3) is 0 Å². The quantitative estimate of drug-likeness (QED) is 0.436. The van der Waals surface area contributed by atoms with E-state index in [1.54, 1.807) is 23.5 Å². The Labute approximate surface area is 127 Å². The highest BCUT2D eigenvalue weighted by molar-refractivity contribution is 8.01. The van der Waals surface area contributed by atoms with Crippen molar-refractivity contribution in [2.75, 3.05) is 5.75 Å². The fourth-order valence-corrected chi connectivity index (χ4v) is 3.71. The van der Waals surface area contributed by atoms with Gasteiger partial charge in [0.15, 0.2) is 11.6 Å². The lowest BCUT2D eigenvalue weighted by atomic mass is 10.1. The number of benzene rings is 1. The maximum atomic E-state index is 11.9. The van der Waals surface area contributed by atoms with Gasteiger partial charge in [-0.25, -0.2) is 0 Å². The van der Waals surface area contributed by atoms with E-state index in [-0.39, 0.29) is 18.0 Å². The summed E-state index contributed by atoms with van der Waals surface area (Å²) in [7, 11) is 0. The third kappa shape index (κ3) is 4.32. The lowest BCUT2D eigenvalue weighted by Crippen LogP contribution is -2.09. The standard InChI is InChI=1S/C16H16O2S2/c1-2-14-8-9-16(20-14)19-11-13(17)10-15(18)12-6-4-3-5-7-12/h3-9H,2,10-11H2,1H3. The molecule has 0 unspecified atom stereocenters. The number of carbonyl (C=O) groups is 2. The Morgan fingerprint density at radius 2 is 1.85 bits per heavy atom. The fraction of sp³-hybridized carbons (Fsp3) is 0.250. The van der Waals surface area contributed by atoms with Crippen molar-refractivity contribution in [3.8, 4) is 0 Å². The van der Waals surface area contributed by atoms with Crippen molar-refractivity contribution in [2.45, 2.75) is 24.0 Å². The summed E-state index contributed by atoms with van der Waals surface area (Å²) in [5, 5.41) is 0. The van der Waals surface area contributed by atoms with E-state index >= 15 is 0 Å². The highest BCUT2D eigenvalue weighted by atomic mass is 32.2. The van der Waals surface area contributed by atoms with Gasteiger partial charge in [0.05, 0.1) is 16.4 Å². The fourth-order valence-electron chi connectivity index (χ4n) is 1.73. The number of aryl methyl sites for hydroxylation is 1. The van der Waals surface area contributed by atoms with Crippen molar-refractivity contribution >= 4 is 34.7 Å². The molecule has 0 aliphatic heterocycles. The molecule has 20 heavy (non-hydrogen) atoms. The molecule has 0 N–H and O–H groups in total. The number of ketones is 2. The van der Waals surface area contributed by atoms with E-state index in [9.17, 15) is 9.59 Å². The molecule has 4 heteroatoms. The summed E-state index contributed by atoms with van der Waals surface area (Å²) in [6, 6.07) is 13.1. The van der Waals surface area contributed by atoms with Crippen LogP contribution < -0.4 is 0 Å². The molecule has 0 aliphatic carbocycles. The molecule has 0 saturated heterocycles. The van der Waals surface area contributed by atoms with Gasteiger partial charge in [-0.15, -0.1) is 23.1 Å². The van der Waals surface area contributed by atoms with Gasteiger partial charge >= 0.3 is 0 Å². The van der Waals surface area contributed by atoms with Crippen LogP contribution >= 0.6 is 23.1 Å². The van der Waals surface area contributed by atoms with E-state index in [0.29, 0.717) is 11.3 Å². The van der Waals surface area contributed by atoms with E-state index in [0.717, 1.165) is 10.6 Å². The zero-order valence-electron chi connectivity index (χ0n) is 11.3. The molecular weight excluding hydrogens is 288 g/mol. The molecule has 0 amide bonds. The van der Waals surface area contributed by atoms with Crippen LogP contribution in [0.15, 0.2) is 46.7 Å². The predicted octanol–water partition coefficient (Wildman–Crippen LogP) is 4.24. The maximum Gasteiger partial charge on any atom is 0.170 e. The zero-order valence-corrected chi connectivity index (χ0v) is 12.9. The number of thioether (sulfide) groups is 1. The second-order valence-corrected chi connectivity index (χ2v) is 6.81. The van der Waals surface area contributed by atoms with Crippen molar-refractivity contribution < 1.29 is 9.59 Å². The Bertz CT molecular complexity index is 588. The van der Waals surface area contributed by atoms with E-state index in [1.807, 2.05) is 24.3 Å². The summed E-state index contributed by atoms with van der Waals surface area (Å²) in [5.74, 6) is 0.245. The molecule has 0 spiro atoms. The summed E-state index contributed by atoms with van der Waals surface area (Å²) >= 11 is 3.23. The smallest absolute Gasteiger partial charge is 0.170 e. The molecule has 2 nitrogen and oxygen atoms in total. The number of hydrogen-bond acceptors (Lipinski definition) is 4. The monoisotopic (exact) mass is 304 g/mol. The van der Waals surface area contributed by atoms with E-state index in [4.69, 9.17) is 0 Å². The summed E-state index contributed by atoms with van der Waals surface area (Å²) in [4.78, 5) is 25.0. The molecule has 2 aromatic rings. The molecule has 0 aliphatic rings. The second-order valence-electron chi connectivity index (χ2n) is 4.37. The third-order valence-corrected chi connectivity index (χ3v) is 5.33. The molecule has 1 heterocycles. The molecule has 0 bridgehead atoms. The first-order valence-electron chi connectivity index (χ1n) is 6.50. The van der Waals surface area contributed by atoms with Crippen molar-refractivity contribution in [3.05, 3.63) is 52.9 Å². The third-order valence-electron chi connectivity index (χ3n) is 2.81. The molecule has 104 valence electrons. The highest BCUT2D eigenvalue weighted by Crippen LogP contribution is 2.27. The van der Waals surface area contributed by atoms with Crippen LogP contribution in [0.3, 0.4) is 0 Å². The van der Waals surface area contributed by atoms with Crippen molar-refractivity contribution in [1.29, 1.82) is 0 Å². The first-order valence-corrected chi connectivity index (χ1v) is 8.30. The van der Waals surface area contributed by atoms with Crippen LogP contribution in [-0.4, -0.2) is 17.3 Å². The normalized spacial score (nSPS) is 10.4. The summed E-state index contributed by atoms with van der Waals surface area (Å²) in [6.45, 7) is 2.12. The van der Waals surface area contributed by atoms with Gasteiger partial charge in [0.1, 0.15) is 0 Å². The summed E-state index contributed by atoms with van der Waals surface area (Å²) < 4.78 is 1.14. The SMILES string of the molecule is CCc1ccc(SCC(=O)CC(=O)c2ccccc2)s1. The van der Waals surface area contributed by atoms with Gasteiger partial charge in [0.25, 0.3) is 0 Å². The summed E-state index contributed by atoms with van der Waals surface area (Å²) in [5.41, 5.74) is 0.607.